The summed E-state index contributed by atoms with van der Waals surface area (Å²) in [4.78, 5) is 41.9. The number of ether oxygens (including phenoxy) is 2. The van der Waals surface area contributed by atoms with Crippen molar-refractivity contribution in [3.63, 3.8) is 0 Å². The third-order valence-corrected chi connectivity index (χ3v) is 8.95. The van der Waals surface area contributed by atoms with E-state index in [4.69, 9.17) is 14.7 Å². The number of alkyl halides is 2. The molecule has 6 rings (SSSR count). The molecule has 2 N–H and O–H groups in total. The molecule has 3 amide bonds. The predicted octanol–water partition coefficient (Wildman–Crippen LogP) is 3.69. The van der Waals surface area contributed by atoms with Gasteiger partial charge >= 0.3 is 0 Å². The monoisotopic (exact) mass is 592 g/mol. The van der Waals surface area contributed by atoms with Crippen molar-refractivity contribution in [3.8, 4) is 17.2 Å². The van der Waals surface area contributed by atoms with Crippen LogP contribution >= 0.6 is 11.3 Å². The summed E-state index contributed by atoms with van der Waals surface area (Å²) in [5, 5.41) is 16.3. The van der Waals surface area contributed by atoms with Crippen LogP contribution in [0, 0.1) is 11.3 Å². The van der Waals surface area contributed by atoms with E-state index in [1.807, 2.05) is 0 Å². The van der Waals surface area contributed by atoms with E-state index in [0.717, 1.165) is 4.88 Å². The Balaban J connectivity index is 1.15. The Morgan fingerprint density at radius 1 is 1.12 bits per heavy atom. The molecule has 2 atom stereocenters. The van der Waals surface area contributed by atoms with Crippen molar-refractivity contribution in [2.75, 3.05) is 26.3 Å². The molecule has 1 unspecified atom stereocenters. The molecule has 1 aliphatic carbocycles. The van der Waals surface area contributed by atoms with Crippen LogP contribution in [0.4, 0.5) is 8.78 Å². The van der Waals surface area contributed by atoms with Crippen LogP contribution in [0.5, 0.6) is 0 Å². The van der Waals surface area contributed by atoms with Crippen molar-refractivity contribution < 1.29 is 32.6 Å². The summed E-state index contributed by atoms with van der Waals surface area (Å²) in [6, 6.07) is 12.6. The van der Waals surface area contributed by atoms with Gasteiger partial charge in [0.25, 0.3) is 11.8 Å². The smallest absolute Gasteiger partial charge is 0.299 e. The standard InChI is InChI=1S/C30H26F2N4O5S/c1-17(25-10-18(13-33)15-42-25)35-28(39)24-12-29(40-8-9-41-29)16-36(24)26(37)14-34-27(38)19-6-7-23-21(11-19)20-4-2-3-5-22(20)30(23,31)32/h2-7,10-11,15,17,24H,8-9,12,14,16H2,1H3,(H,34,38)(H,35,39)/t17-,24?/m1/s1. The quantitative estimate of drug-likeness (QED) is 0.451. The Morgan fingerprint density at radius 2 is 1.86 bits per heavy atom. The normalized spacial score (nSPS) is 20.0. The molecule has 3 heterocycles. The average Bonchev–Trinajstić information content (AvgIpc) is 3.78. The van der Waals surface area contributed by atoms with Crippen molar-refractivity contribution in [1.29, 1.82) is 5.26 Å². The van der Waals surface area contributed by atoms with Crippen molar-refractivity contribution in [1.82, 2.24) is 15.5 Å². The molecule has 0 bridgehead atoms. The van der Waals surface area contributed by atoms with Crippen molar-refractivity contribution in [2.24, 2.45) is 0 Å². The average molecular weight is 593 g/mol. The van der Waals surface area contributed by atoms with E-state index in [9.17, 15) is 23.2 Å². The summed E-state index contributed by atoms with van der Waals surface area (Å²) in [6.07, 6.45) is 0.123. The van der Waals surface area contributed by atoms with Gasteiger partial charge in [-0.15, -0.1) is 11.3 Å². The van der Waals surface area contributed by atoms with Crippen LogP contribution in [-0.2, 0) is 25.0 Å². The molecule has 1 spiro atoms. The van der Waals surface area contributed by atoms with Crippen molar-refractivity contribution in [2.45, 2.75) is 37.1 Å². The maximum atomic E-state index is 14.9. The van der Waals surface area contributed by atoms with Crippen LogP contribution < -0.4 is 10.6 Å². The number of benzene rings is 2. The highest BCUT2D eigenvalue weighted by molar-refractivity contribution is 7.10. The second-order valence-corrected chi connectivity index (χ2v) is 11.4. The molecule has 2 aliphatic heterocycles. The zero-order chi connectivity index (χ0) is 29.6. The molecular weight excluding hydrogens is 566 g/mol. The van der Waals surface area contributed by atoms with Gasteiger partial charge < -0.3 is 25.0 Å². The zero-order valence-corrected chi connectivity index (χ0v) is 23.3. The van der Waals surface area contributed by atoms with Gasteiger partial charge in [-0.3, -0.25) is 14.4 Å². The minimum atomic E-state index is -3.17. The molecule has 2 saturated heterocycles. The highest BCUT2D eigenvalue weighted by Gasteiger charge is 2.52. The third-order valence-electron chi connectivity index (χ3n) is 7.84. The topological polar surface area (TPSA) is 121 Å². The Bertz CT molecular complexity index is 1630. The number of thiophene rings is 1. The van der Waals surface area contributed by atoms with Crippen molar-refractivity contribution >= 4 is 29.1 Å². The largest absolute Gasteiger partial charge is 0.347 e. The first-order valence-electron chi connectivity index (χ1n) is 13.4. The van der Waals surface area contributed by atoms with E-state index in [-0.39, 0.29) is 35.2 Å². The molecule has 9 nitrogen and oxygen atoms in total. The van der Waals surface area contributed by atoms with Gasteiger partial charge in [-0.25, -0.2) is 0 Å². The van der Waals surface area contributed by atoms with E-state index < -0.39 is 48.1 Å². The van der Waals surface area contributed by atoms with Crippen LogP contribution in [0.15, 0.2) is 53.9 Å². The minimum absolute atomic E-state index is 0.0104. The van der Waals surface area contributed by atoms with E-state index in [2.05, 4.69) is 16.7 Å². The number of hydrogen-bond donors (Lipinski definition) is 2. The number of carbonyl (C=O) groups is 3. The van der Waals surface area contributed by atoms with Crippen LogP contribution in [0.3, 0.4) is 0 Å². The SMILES string of the molecule is C[C@@H](NC(=O)C1CC2(CN1C(=O)CNC(=O)c1ccc3c(c1)-c1ccccc1C3(F)F)OCCO2)c1cc(C#N)cs1. The lowest BCUT2D eigenvalue weighted by Crippen LogP contribution is -2.49. The molecule has 0 saturated carbocycles. The van der Waals surface area contributed by atoms with Crippen molar-refractivity contribution in [3.05, 3.63) is 81.0 Å². The third kappa shape index (κ3) is 4.83. The fourth-order valence-corrected chi connectivity index (χ4v) is 6.58. The number of likely N-dealkylation sites (tertiary alicyclic amines) is 1. The van der Waals surface area contributed by atoms with Gasteiger partial charge in [-0.05, 0) is 36.2 Å². The van der Waals surface area contributed by atoms with Crippen LogP contribution in [0.1, 0.15) is 51.3 Å². The highest BCUT2D eigenvalue weighted by atomic mass is 32.1. The number of nitriles is 1. The van der Waals surface area contributed by atoms with E-state index in [0.29, 0.717) is 24.3 Å². The van der Waals surface area contributed by atoms with Crippen LogP contribution in [-0.4, -0.2) is 60.8 Å². The maximum Gasteiger partial charge on any atom is 0.299 e. The number of nitrogens with zero attached hydrogens (tertiary/aromatic N) is 2. The molecule has 12 heteroatoms. The zero-order valence-electron chi connectivity index (χ0n) is 22.5. The fourth-order valence-electron chi connectivity index (χ4n) is 5.74. The van der Waals surface area contributed by atoms with Gasteiger partial charge in [0.05, 0.1) is 37.9 Å². The molecule has 2 fully saturated rings. The summed E-state index contributed by atoms with van der Waals surface area (Å²) < 4.78 is 41.3. The van der Waals surface area contributed by atoms with Gasteiger partial charge in [0.15, 0.2) is 5.79 Å². The summed E-state index contributed by atoms with van der Waals surface area (Å²) in [5.41, 5.74) is 0.962. The van der Waals surface area contributed by atoms with E-state index >= 15 is 0 Å². The maximum absolute atomic E-state index is 14.9. The molecule has 0 radical (unpaired) electrons. The number of amides is 3. The van der Waals surface area contributed by atoms with Gasteiger partial charge in [-0.2, -0.15) is 14.0 Å². The highest BCUT2D eigenvalue weighted by Crippen LogP contribution is 2.51. The first-order valence-corrected chi connectivity index (χ1v) is 14.3. The fraction of sp³-hybridized carbons (Fsp3) is 0.333. The Hall–Kier alpha value is -4.18. The number of fused-ring (bicyclic) bond motifs is 3. The van der Waals surface area contributed by atoms with Crippen LogP contribution in [0.25, 0.3) is 11.1 Å². The van der Waals surface area contributed by atoms with Gasteiger partial charge in [0, 0.05) is 33.4 Å². The number of nitrogens with one attached hydrogen (secondary N) is 2. The number of rotatable bonds is 6. The molecule has 1 aromatic heterocycles. The summed E-state index contributed by atoms with van der Waals surface area (Å²) in [5.74, 6) is -5.82. The first kappa shape index (κ1) is 28.0. The Morgan fingerprint density at radius 3 is 2.60 bits per heavy atom. The first-order chi connectivity index (χ1) is 20.1. The number of halogens is 2. The molecule has 2 aromatic carbocycles. The summed E-state index contributed by atoms with van der Waals surface area (Å²) >= 11 is 1.35. The lowest BCUT2D eigenvalue weighted by molar-refractivity contribution is -0.152. The lowest BCUT2D eigenvalue weighted by atomic mass is 10.0. The molecule has 216 valence electrons. The predicted molar refractivity (Wildman–Crippen MR) is 148 cm³/mol. The Labute approximate surface area is 244 Å². The van der Waals surface area contributed by atoms with Crippen LogP contribution in [0.2, 0.25) is 0 Å². The number of hydrogen-bond acceptors (Lipinski definition) is 7. The van der Waals surface area contributed by atoms with E-state index in [1.165, 1.54) is 40.5 Å². The second kappa shape index (κ2) is 10.6. The minimum Gasteiger partial charge on any atom is -0.347 e. The van der Waals surface area contributed by atoms with E-state index in [1.54, 1.807) is 36.6 Å². The van der Waals surface area contributed by atoms with Gasteiger partial charge in [-0.1, -0.05) is 30.3 Å². The Kier molecular flexibility index (Phi) is 7.04. The molecule has 42 heavy (non-hydrogen) atoms. The summed E-state index contributed by atoms with van der Waals surface area (Å²) in [6.45, 7) is 2.03. The molecule has 3 aromatic rings. The van der Waals surface area contributed by atoms with Gasteiger partial charge in [0.1, 0.15) is 12.1 Å². The number of carbonyl (C=O) groups excluding carboxylic acids is 3. The second-order valence-electron chi connectivity index (χ2n) is 10.5. The molecule has 3 aliphatic rings. The van der Waals surface area contributed by atoms with Gasteiger partial charge in [0.2, 0.25) is 11.8 Å². The summed E-state index contributed by atoms with van der Waals surface area (Å²) in [7, 11) is 0. The lowest BCUT2D eigenvalue weighted by Gasteiger charge is -2.25. The molecular formula is C30H26F2N4O5S.